The van der Waals surface area contributed by atoms with Crippen molar-refractivity contribution in [3.8, 4) is 0 Å². The van der Waals surface area contributed by atoms with E-state index in [9.17, 15) is 18.0 Å². The van der Waals surface area contributed by atoms with Gasteiger partial charge >= 0.3 is 0 Å². The molecule has 0 radical (unpaired) electrons. The van der Waals surface area contributed by atoms with E-state index in [2.05, 4.69) is 11.9 Å². The number of fused-ring (bicyclic) bond motifs is 1. The molecule has 29 heavy (non-hydrogen) atoms. The molecule has 0 aromatic heterocycles. The lowest BCUT2D eigenvalue weighted by molar-refractivity contribution is -0.111. The van der Waals surface area contributed by atoms with Gasteiger partial charge in [-0.1, -0.05) is 24.8 Å². The number of nitrogens with one attached hydrogen (secondary N) is 1. The van der Waals surface area contributed by atoms with Crippen LogP contribution in [0, 0.1) is 0 Å². The number of nitrogens with zero attached hydrogens (tertiary/aromatic N) is 2. The third-order valence-corrected chi connectivity index (χ3v) is 6.73. The first kappa shape index (κ1) is 20.8. The lowest BCUT2D eigenvalue weighted by atomic mass is 9.99. The summed E-state index contributed by atoms with van der Waals surface area (Å²) in [7, 11) is -0.535. The SMILES string of the molecule is C=CC(=O)Nc1cccc(C(=O)N2CCc3c(cccc3S(=O)(=O)N(C)C)C2)c1. The van der Waals surface area contributed by atoms with Crippen LogP contribution in [0.15, 0.2) is 60.0 Å². The number of carbonyl (C=O) groups is 2. The largest absolute Gasteiger partial charge is 0.334 e. The van der Waals surface area contributed by atoms with Gasteiger partial charge in [0.25, 0.3) is 5.91 Å². The maximum Gasteiger partial charge on any atom is 0.254 e. The number of hydrogen-bond donors (Lipinski definition) is 1. The van der Waals surface area contributed by atoms with Crippen LogP contribution in [0.1, 0.15) is 21.5 Å². The minimum Gasteiger partial charge on any atom is -0.334 e. The molecule has 2 aromatic carbocycles. The number of hydrogen-bond acceptors (Lipinski definition) is 4. The molecule has 2 aromatic rings. The van der Waals surface area contributed by atoms with E-state index in [1.54, 1.807) is 41.3 Å². The Morgan fingerprint density at radius 2 is 1.90 bits per heavy atom. The summed E-state index contributed by atoms with van der Waals surface area (Å²) in [4.78, 5) is 26.4. The second kappa shape index (κ2) is 8.18. The van der Waals surface area contributed by atoms with Gasteiger partial charge < -0.3 is 10.2 Å². The molecule has 0 saturated carbocycles. The third kappa shape index (κ3) is 4.23. The van der Waals surface area contributed by atoms with Gasteiger partial charge in [0.05, 0.1) is 4.90 Å². The van der Waals surface area contributed by atoms with Crippen LogP contribution < -0.4 is 5.32 Å². The number of amides is 2. The Morgan fingerprint density at radius 1 is 1.17 bits per heavy atom. The highest BCUT2D eigenvalue weighted by Crippen LogP contribution is 2.28. The van der Waals surface area contributed by atoms with Crippen LogP contribution in [0.3, 0.4) is 0 Å². The van der Waals surface area contributed by atoms with Gasteiger partial charge in [-0.05, 0) is 47.9 Å². The van der Waals surface area contributed by atoms with Gasteiger partial charge in [-0.2, -0.15) is 0 Å². The van der Waals surface area contributed by atoms with Gasteiger partial charge in [-0.25, -0.2) is 12.7 Å². The highest BCUT2D eigenvalue weighted by molar-refractivity contribution is 7.89. The maximum atomic E-state index is 13.0. The fraction of sp³-hybridized carbons (Fsp3) is 0.238. The Morgan fingerprint density at radius 3 is 2.59 bits per heavy atom. The number of anilines is 1. The molecular weight excluding hydrogens is 390 g/mol. The standard InChI is InChI=1S/C21H23N3O4S/c1-4-20(25)22-17-9-5-7-15(13-17)21(26)24-12-11-18-16(14-24)8-6-10-19(18)29(27,28)23(2)3/h4-10,13H,1,11-12,14H2,2-3H3,(H,22,25). The molecule has 8 heteroatoms. The lowest BCUT2D eigenvalue weighted by Crippen LogP contribution is -2.37. The molecule has 1 heterocycles. The molecule has 0 saturated heterocycles. The van der Waals surface area contributed by atoms with Crippen molar-refractivity contribution in [2.45, 2.75) is 17.9 Å². The first-order valence-corrected chi connectivity index (χ1v) is 10.5. The van der Waals surface area contributed by atoms with Crippen LogP contribution in [-0.2, 0) is 27.8 Å². The number of rotatable bonds is 5. The zero-order chi connectivity index (χ0) is 21.2. The van der Waals surface area contributed by atoms with E-state index in [1.165, 1.54) is 18.4 Å². The van der Waals surface area contributed by atoms with E-state index in [-0.39, 0.29) is 11.8 Å². The Labute approximate surface area is 170 Å². The summed E-state index contributed by atoms with van der Waals surface area (Å²) >= 11 is 0. The quantitative estimate of drug-likeness (QED) is 0.762. The van der Waals surface area contributed by atoms with E-state index < -0.39 is 10.0 Å². The average molecular weight is 413 g/mol. The van der Waals surface area contributed by atoms with E-state index in [0.717, 1.165) is 17.2 Å². The highest BCUT2D eigenvalue weighted by atomic mass is 32.2. The van der Waals surface area contributed by atoms with Crippen molar-refractivity contribution < 1.29 is 18.0 Å². The summed E-state index contributed by atoms with van der Waals surface area (Å²) in [6, 6.07) is 11.9. The maximum absolute atomic E-state index is 13.0. The van der Waals surface area contributed by atoms with Crippen LogP contribution in [0.5, 0.6) is 0 Å². The lowest BCUT2D eigenvalue weighted by Gasteiger charge is -2.30. The van der Waals surface area contributed by atoms with Gasteiger partial charge in [0.2, 0.25) is 15.9 Å². The summed E-state index contributed by atoms with van der Waals surface area (Å²) in [6.45, 7) is 4.15. The van der Waals surface area contributed by atoms with Gasteiger partial charge in [-0.15, -0.1) is 0 Å². The number of benzene rings is 2. The van der Waals surface area contributed by atoms with Crippen LogP contribution in [0.4, 0.5) is 5.69 Å². The van der Waals surface area contributed by atoms with Crippen LogP contribution in [0.25, 0.3) is 0 Å². The minimum absolute atomic E-state index is 0.175. The minimum atomic E-state index is -3.55. The van der Waals surface area contributed by atoms with E-state index in [0.29, 0.717) is 35.7 Å². The van der Waals surface area contributed by atoms with E-state index in [4.69, 9.17) is 0 Å². The molecule has 0 unspecified atom stereocenters. The van der Waals surface area contributed by atoms with Gasteiger partial charge in [-0.3, -0.25) is 9.59 Å². The molecule has 0 atom stereocenters. The Kier molecular flexibility index (Phi) is 5.86. The summed E-state index contributed by atoms with van der Waals surface area (Å²) in [5, 5.41) is 2.64. The first-order chi connectivity index (χ1) is 13.7. The smallest absolute Gasteiger partial charge is 0.254 e. The van der Waals surface area contributed by atoms with Gasteiger partial charge in [0.15, 0.2) is 0 Å². The zero-order valence-corrected chi connectivity index (χ0v) is 17.2. The second-order valence-corrected chi connectivity index (χ2v) is 9.05. The Bertz CT molecular complexity index is 1080. The van der Waals surface area contributed by atoms with Crippen LogP contribution >= 0.6 is 0 Å². The summed E-state index contributed by atoms with van der Waals surface area (Å²) in [5.74, 6) is -0.526. The number of sulfonamides is 1. The molecule has 0 spiro atoms. The summed E-state index contributed by atoms with van der Waals surface area (Å²) < 4.78 is 26.4. The van der Waals surface area contributed by atoms with Gasteiger partial charge in [0, 0.05) is 38.4 Å². The van der Waals surface area contributed by atoms with Crippen molar-refractivity contribution in [3.63, 3.8) is 0 Å². The summed E-state index contributed by atoms with van der Waals surface area (Å²) in [5.41, 5.74) is 2.55. The van der Waals surface area contributed by atoms with Crippen LogP contribution in [0.2, 0.25) is 0 Å². The molecule has 7 nitrogen and oxygen atoms in total. The van der Waals surface area contributed by atoms with Crippen molar-refractivity contribution in [3.05, 3.63) is 71.8 Å². The molecule has 152 valence electrons. The molecular formula is C21H23N3O4S. The fourth-order valence-corrected chi connectivity index (χ4v) is 4.48. The third-order valence-electron chi connectivity index (χ3n) is 4.83. The molecule has 3 rings (SSSR count). The molecule has 0 bridgehead atoms. The molecule has 1 aliphatic heterocycles. The predicted octanol–water partition coefficient (Wildman–Crippen LogP) is 2.26. The predicted molar refractivity (Wildman–Crippen MR) is 111 cm³/mol. The fourth-order valence-electron chi connectivity index (χ4n) is 3.29. The zero-order valence-electron chi connectivity index (χ0n) is 16.4. The molecule has 2 amide bonds. The average Bonchev–Trinajstić information content (AvgIpc) is 2.72. The van der Waals surface area contributed by atoms with Crippen molar-refractivity contribution in [2.24, 2.45) is 0 Å². The normalized spacial score (nSPS) is 13.7. The highest BCUT2D eigenvalue weighted by Gasteiger charge is 2.28. The molecule has 1 N–H and O–H groups in total. The van der Waals surface area contributed by atoms with Gasteiger partial charge in [0.1, 0.15) is 0 Å². The second-order valence-electron chi connectivity index (χ2n) is 6.93. The molecule has 0 aliphatic carbocycles. The molecule has 0 fully saturated rings. The van der Waals surface area contributed by atoms with Crippen molar-refractivity contribution in [1.29, 1.82) is 0 Å². The molecule has 1 aliphatic rings. The van der Waals surface area contributed by atoms with E-state index >= 15 is 0 Å². The summed E-state index contributed by atoms with van der Waals surface area (Å²) in [6.07, 6.45) is 1.62. The Hall–Kier alpha value is -2.97. The topological polar surface area (TPSA) is 86.8 Å². The first-order valence-electron chi connectivity index (χ1n) is 9.10. The van der Waals surface area contributed by atoms with Crippen molar-refractivity contribution >= 4 is 27.5 Å². The van der Waals surface area contributed by atoms with Crippen LogP contribution in [-0.4, -0.2) is 50.1 Å². The van der Waals surface area contributed by atoms with Crippen molar-refractivity contribution in [2.75, 3.05) is 26.0 Å². The van der Waals surface area contributed by atoms with E-state index in [1.807, 2.05) is 6.07 Å². The monoisotopic (exact) mass is 413 g/mol. The Balaban J connectivity index is 1.85. The number of carbonyl (C=O) groups excluding carboxylic acids is 2. The van der Waals surface area contributed by atoms with Crippen molar-refractivity contribution in [1.82, 2.24) is 9.21 Å².